The largest absolute Gasteiger partial charge is 0.461 e. The molecule has 0 unspecified atom stereocenters. The molecule has 0 aliphatic carbocycles. The van der Waals surface area contributed by atoms with Gasteiger partial charge >= 0.3 is 12.1 Å². The van der Waals surface area contributed by atoms with Crippen molar-refractivity contribution in [1.82, 2.24) is 14.5 Å². The number of imide groups is 1. The summed E-state index contributed by atoms with van der Waals surface area (Å²) in [5.41, 5.74) is 0. The number of carbonyl (C=O) groups excluding carboxylic acids is 2. The zero-order valence-corrected chi connectivity index (χ0v) is 13.6. The van der Waals surface area contributed by atoms with Crippen molar-refractivity contribution in [1.29, 1.82) is 0 Å². The Labute approximate surface area is 137 Å². The molecule has 0 saturated carbocycles. The number of nitrogens with zero attached hydrogens (tertiary/aromatic N) is 2. The van der Waals surface area contributed by atoms with Gasteiger partial charge in [0.15, 0.2) is 11.5 Å². The van der Waals surface area contributed by atoms with Crippen molar-refractivity contribution < 1.29 is 26.8 Å². The van der Waals surface area contributed by atoms with E-state index in [-0.39, 0.29) is 19.6 Å². The van der Waals surface area contributed by atoms with E-state index in [9.17, 15) is 18.0 Å². The van der Waals surface area contributed by atoms with E-state index >= 15 is 0 Å². The predicted molar refractivity (Wildman–Crippen MR) is 82.3 cm³/mol. The second-order valence-electron chi connectivity index (χ2n) is 5.17. The number of furan rings is 2. The molecular formula is C14H15N3O6S. The van der Waals surface area contributed by atoms with Gasteiger partial charge in [0.2, 0.25) is 10.0 Å². The highest BCUT2D eigenvalue weighted by Gasteiger charge is 2.38. The highest BCUT2D eigenvalue weighted by Crippen LogP contribution is 2.22. The Morgan fingerprint density at radius 2 is 2.04 bits per heavy atom. The lowest BCUT2D eigenvalue weighted by atomic mass is 10.3. The minimum Gasteiger partial charge on any atom is -0.461 e. The molecule has 10 heteroatoms. The Balaban J connectivity index is 1.59. The van der Waals surface area contributed by atoms with E-state index in [1.165, 1.54) is 6.26 Å². The summed E-state index contributed by atoms with van der Waals surface area (Å²) in [6.45, 7) is 0.0181. The van der Waals surface area contributed by atoms with Gasteiger partial charge in [0.25, 0.3) is 0 Å². The quantitative estimate of drug-likeness (QED) is 0.890. The molecule has 128 valence electrons. The fourth-order valence-corrected chi connectivity index (χ4v) is 3.09. The summed E-state index contributed by atoms with van der Waals surface area (Å²) in [6, 6.07) is 5.31. The first-order valence-corrected chi connectivity index (χ1v) is 8.91. The third kappa shape index (κ3) is 3.13. The van der Waals surface area contributed by atoms with Gasteiger partial charge in [0, 0.05) is 0 Å². The molecule has 3 heterocycles. The summed E-state index contributed by atoms with van der Waals surface area (Å²) in [5.74, 6) is 1.55. The van der Waals surface area contributed by atoms with Gasteiger partial charge in [0.1, 0.15) is 5.76 Å². The summed E-state index contributed by atoms with van der Waals surface area (Å²) in [4.78, 5) is 24.8. The van der Waals surface area contributed by atoms with E-state index in [0.29, 0.717) is 21.6 Å². The average Bonchev–Trinajstić information content (AvgIpc) is 3.23. The van der Waals surface area contributed by atoms with Crippen molar-refractivity contribution in [3.05, 3.63) is 36.3 Å². The fourth-order valence-electron chi connectivity index (χ4n) is 2.30. The first-order valence-electron chi connectivity index (χ1n) is 7.06. The lowest BCUT2D eigenvalue weighted by Crippen LogP contribution is -2.43. The van der Waals surface area contributed by atoms with Crippen LogP contribution in [0.5, 0.6) is 0 Å². The molecule has 1 fully saturated rings. The van der Waals surface area contributed by atoms with E-state index in [1.54, 1.807) is 24.3 Å². The van der Waals surface area contributed by atoms with E-state index in [0.717, 1.165) is 11.2 Å². The van der Waals surface area contributed by atoms with Gasteiger partial charge in [-0.15, -0.1) is 0 Å². The molecule has 0 spiro atoms. The van der Waals surface area contributed by atoms with Gasteiger partial charge in [-0.1, -0.05) is 0 Å². The molecule has 2 aromatic rings. The normalized spacial score (nSPS) is 15.1. The molecule has 0 aromatic carbocycles. The van der Waals surface area contributed by atoms with Crippen LogP contribution >= 0.6 is 0 Å². The van der Waals surface area contributed by atoms with Crippen LogP contribution in [0.1, 0.15) is 5.76 Å². The maximum absolute atomic E-state index is 12.0. The van der Waals surface area contributed by atoms with Crippen molar-refractivity contribution in [3.8, 4) is 11.5 Å². The van der Waals surface area contributed by atoms with E-state index in [2.05, 4.69) is 5.32 Å². The third-order valence-electron chi connectivity index (χ3n) is 3.46. The Morgan fingerprint density at radius 1 is 1.25 bits per heavy atom. The van der Waals surface area contributed by atoms with Gasteiger partial charge in [0.05, 0.1) is 32.2 Å². The van der Waals surface area contributed by atoms with Crippen molar-refractivity contribution in [3.63, 3.8) is 0 Å². The zero-order valence-electron chi connectivity index (χ0n) is 12.8. The van der Waals surface area contributed by atoms with Crippen LogP contribution in [-0.4, -0.2) is 49.0 Å². The summed E-state index contributed by atoms with van der Waals surface area (Å²) in [5, 5.41) is 2.52. The molecule has 24 heavy (non-hydrogen) atoms. The number of sulfonamides is 1. The fraction of sp³-hybridized carbons (Fsp3) is 0.286. The topological polar surface area (TPSA) is 113 Å². The van der Waals surface area contributed by atoms with Gasteiger partial charge in [-0.05, 0) is 24.3 Å². The molecule has 1 N–H and O–H groups in total. The van der Waals surface area contributed by atoms with Crippen LogP contribution < -0.4 is 5.32 Å². The third-order valence-corrected chi connectivity index (χ3v) is 4.60. The summed E-state index contributed by atoms with van der Waals surface area (Å²) < 4.78 is 34.2. The Morgan fingerprint density at radius 3 is 2.67 bits per heavy atom. The number of hydrogen-bond donors (Lipinski definition) is 1. The number of rotatable bonds is 4. The average molecular weight is 353 g/mol. The molecule has 0 bridgehead atoms. The molecule has 9 nitrogen and oxygen atoms in total. The molecule has 1 saturated heterocycles. The van der Waals surface area contributed by atoms with Crippen LogP contribution in [0.25, 0.3) is 11.5 Å². The number of urea groups is 2. The van der Waals surface area contributed by atoms with Crippen LogP contribution in [0.2, 0.25) is 0 Å². The number of nitrogens with one attached hydrogen (secondary N) is 1. The smallest absolute Gasteiger partial charge is 0.341 e. The van der Waals surface area contributed by atoms with E-state index in [4.69, 9.17) is 8.83 Å². The SMILES string of the molecule is CS(=O)(=O)N1CCN(C(=O)NCc2ccc(-c3ccco3)o2)C1=O. The highest BCUT2D eigenvalue weighted by atomic mass is 32.2. The highest BCUT2D eigenvalue weighted by molar-refractivity contribution is 7.88. The minimum atomic E-state index is -3.67. The molecule has 0 atom stereocenters. The predicted octanol–water partition coefficient (Wildman–Crippen LogP) is 1.45. The summed E-state index contributed by atoms with van der Waals surface area (Å²) in [7, 11) is -3.67. The Bertz CT molecular complexity index is 855. The summed E-state index contributed by atoms with van der Waals surface area (Å²) in [6.07, 6.45) is 2.44. The van der Waals surface area contributed by atoms with Crippen LogP contribution in [0.3, 0.4) is 0 Å². The molecule has 1 aliphatic heterocycles. The van der Waals surface area contributed by atoms with Crippen LogP contribution in [0.15, 0.2) is 39.4 Å². The maximum Gasteiger partial charge on any atom is 0.341 e. The monoisotopic (exact) mass is 353 g/mol. The Hall–Kier alpha value is -2.75. The standard InChI is InChI=1S/C14H15N3O6S/c1-24(20,21)17-7-6-16(14(17)19)13(18)15-9-10-4-5-12(23-10)11-3-2-8-22-11/h2-5,8H,6-7,9H2,1H3,(H,15,18). The van der Waals surface area contributed by atoms with Crippen LogP contribution in [0.4, 0.5) is 9.59 Å². The first kappa shape index (κ1) is 16.1. The first-order chi connectivity index (χ1) is 11.4. The van der Waals surface area contributed by atoms with Crippen molar-refractivity contribution in [2.45, 2.75) is 6.54 Å². The summed E-state index contributed by atoms with van der Waals surface area (Å²) >= 11 is 0. The molecule has 1 aliphatic rings. The van der Waals surface area contributed by atoms with E-state index < -0.39 is 22.1 Å². The molecular weight excluding hydrogens is 338 g/mol. The zero-order chi connectivity index (χ0) is 17.3. The van der Waals surface area contributed by atoms with E-state index in [1.807, 2.05) is 0 Å². The Kier molecular flexibility index (Phi) is 4.06. The van der Waals surface area contributed by atoms with Crippen LogP contribution in [0, 0.1) is 0 Å². The molecule has 0 radical (unpaired) electrons. The van der Waals surface area contributed by atoms with Crippen molar-refractivity contribution in [2.24, 2.45) is 0 Å². The molecule has 4 amide bonds. The number of amides is 4. The number of hydrogen-bond acceptors (Lipinski definition) is 6. The van der Waals surface area contributed by atoms with Gasteiger partial charge < -0.3 is 14.2 Å². The minimum absolute atomic E-state index is 0.00748. The van der Waals surface area contributed by atoms with Gasteiger partial charge in [-0.3, -0.25) is 0 Å². The van der Waals surface area contributed by atoms with Crippen molar-refractivity contribution >= 4 is 22.1 Å². The lowest BCUT2D eigenvalue weighted by Gasteiger charge is -2.15. The van der Waals surface area contributed by atoms with Gasteiger partial charge in [-0.2, -0.15) is 0 Å². The second-order valence-corrected chi connectivity index (χ2v) is 7.08. The molecule has 2 aromatic heterocycles. The van der Waals surface area contributed by atoms with Gasteiger partial charge in [-0.25, -0.2) is 27.2 Å². The van der Waals surface area contributed by atoms with Crippen LogP contribution in [-0.2, 0) is 16.6 Å². The maximum atomic E-state index is 12.0. The van der Waals surface area contributed by atoms with Crippen molar-refractivity contribution in [2.75, 3.05) is 19.3 Å². The molecule has 3 rings (SSSR count). The lowest BCUT2D eigenvalue weighted by molar-refractivity contribution is 0.193. The number of carbonyl (C=O) groups is 2. The second kappa shape index (κ2) is 6.04.